The van der Waals surface area contributed by atoms with Gasteiger partial charge in [-0.15, -0.1) is 0 Å². The van der Waals surface area contributed by atoms with Crippen LogP contribution >= 0.6 is 15.9 Å². The Kier molecular flexibility index (Phi) is 12.4. The molecule has 0 bridgehead atoms. The van der Waals surface area contributed by atoms with Crippen molar-refractivity contribution in [1.29, 1.82) is 0 Å². The van der Waals surface area contributed by atoms with Gasteiger partial charge in [0, 0.05) is 23.5 Å². The van der Waals surface area contributed by atoms with Gasteiger partial charge < -0.3 is 15.0 Å². The van der Waals surface area contributed by atoms with Crippen LogP contribution in [0.5, 0.6) is 5.75 Å². The summed E-state index contributed by atoms with van der Waals surface area (Å²) in [5.74, 6) is -0.241. The highest BCUT2D eigenvalue weighted by atomic mass is 79.9. The Bertz CT molecular complexity index is 1670. The van der Waals surface area contributed by atoms with Crippen LogP contribution in [0, 0.1) is 0 Å². The minimum atomic E-state index is -4.18. The zero-order valence-corrected chi connectivity index (χ0v) is 28.7. The molecule has 0 aliphatic heterocycles. The van der Waals surface area contributed by atoms with E-state index in [1.165, 1.54) is 17.0 Å². The summed E-state index contributed by atoms with van der Waals surface area (Å²) >= 11 is 3.46. The fourth-order valence-electron chi connectivity index (χ4n) is 4.91. The van der Waals surface area contributed by atoms with Crippen LogP contribution in [0.3, 0.4) is 0 Å². The molecule has 0 aliphatic rings. The first-order valence-corrected chi connectivity index (χ1v) is 17.5. The van der Waals surface area contributed by atoms with Crippen molar-refractivity contribution in [2.75, 3.05) is 17.5 Å². The molecule has 4 aromatic carbocycles. The average Bonchev–Trinajstić information content (AvgIpc) is 3.07. The van der Waals surface area contributed by atoms with Gasteiger partial charge in [-0.3, -0.25) is 13.9 Å². The lowest BCUT2D eigenvalue weighted by molar-refractivity contribution is -0.140. The van der Waals surface area contributed by atoms with E-state index in [9.17, 15) is 18.0 Å². The van der Waals surface area contributed by atoms with Crippen LogP contribution in [0.2, 0.25) is 0 Å². The number of benzene rings is 4. The smallest absolute Gasteiger partial charge is 0.264 e. The third-order valence-electron chi connectivity index (χ3n) is 7.58. The van der Waals surface area contributed by atoms with Crippen molar-refractivity contribution in [3.8, 4) is 5.75 Å². The molecular formula is C36H40BrN3O5S. The van der Waals surface area contributed by atoms with E-state index >= 15 is 0 Å². The number of hydrogen-bond donors (Lipinski definition) is 1. The second kappa shape index (κ2) is 16.4. The zero-order valence-electron chi connectivity index (χ0n) is 26.3. The second-order valence-electron chi connectivity index (χ2n) is 10.9. The quantitative estimate of drug-likeness (QED) is 0.150. The Morgan fingerprint density at radius 3 is 2.02 bits per heavy atom. The lowest BCUT2D eigenvalue weighted by Crippen LogP contribution is -2.54. The van der Waals surface area contributed by atoms with E-state index in [0.717, 1.165) is 19.9 Å². The molecule has 10 heteroatoms. The highest BCUT2D eigenvalue weighted by Crippen LogP contribution is 2.27. The van der Waals surface area contributed by atoms with Gasteiger partial charge >= 0.3 is 0 Å². The Morgan fingerprint density at radius 1 is 0.826 bits per heavy atom. The number of halogens is 1. The van der Waals surface area contributed by atoms with Crippen LogP contribution in [-0.2, 0) is 32.6 Å². The standard InChI is InChI=1S/C36H40BrN3O5S/c1-4-27(3)38-36(42)34(24-28-12-8-6-9-13-28)39(25-29-16-18-30(37)19-17-29)35(41)26-40(31-20-22-32(23-21-31)45-5-2)46(43,44)33-14-10-7-11-15-33/h6-23,27,34H,4-5,24-26H2,1-3H3,(H,38,42)/t27-,34+/m1/s1. The molecule has 0 unspecified atom stereocenters. The van der Waals surface area contributed by atoms with Crippen molar-refractivity contribution in [3.05, 3.63) is 125 Å². The summed E-state index contributed by atoms with van der Waals surface area (Å²) in [6.45, 7) is 5.78. The molecule has 4 rings (SSSR count). The van der Waals surface area contributed by atoms with Gasteiger partial charge in [0.1, 0.15) is 18.3 Å². The average molecular weight is 707 g/mol. The molecule has 0 fully saturated rings. The maximum atomic E-state index is 14.5. The van der Waals surface area contributed by atoms with Crippen LogP contribution in [-0.4, -0.2) is 50.4 Å². The number of anilines is 1. The minimum absolute atomic E-state index is 0.0477. The normalized spacial score (nSPS) is 12.5. The molecule has 0 heterocycles. The minimum Gasteiger partial charge on any atom is -0.494 e. The number of sulfonamides is 1. The van der Waals surface area contributed by atoms with Gasteiger partial charge in [0.15, 0.2) is 0 Å². The maximum absolute atomic E-state index is 14.5. The summed E-state index contributed by atoms with van der Waals surface area (Å²) in [5.41, 5.74) is 1.97. The molecule has 8 nitrogen and oxygen atoms in total. The molecule has 0 aliphatic carbocycles. The molecular weight excluding hydrogens is 666 g/mol. The van der Waals surface area contributed by atoms with E-state index in [1.54, 1.807) is 42.5 Å². The molecule has 1 N–H and O–H groups in total. The van der Waals surface area contributed by atoms with Crippen LogP contribution < -0.4 is 14.4 Å². The summed E-state index contributed by atoms with van der Waals surface area (Å²) in [7, 11) is -4.18. The van der Waals surface area contributed by atoms with Gasteiger partial charge in [0.2, 0.25) is 11.8 Å². The molecule has 0 spiro atoms. The van der Waals surface area contributed by atoms with E-state index < -0.39 is 28.5 Å². The fraction of sp³-hybridized carbons (Fsp3) is 0.278. The molecule has 242 valence electrons. The van der Waals surface area contributed by atoms with E-state index in [0.29, 0.717) is 24.5 Å². The summed E-state index contributed by atoms with van der Waals surface area (Å²) in [6.07, 6.45) is 0.963. The van der Waals surface area contributed by atoms with E-state index in [2.05, 4.69) is 21.2 Å². The van der Waals surface area contributed by atoms with E-state index in [-0.39, 0.29) is 29.8 Å². The van der Waals surface area contributed by atoms with Crippen LogP contribution in [0.15, 0.2) is 119 Å². The molecule has 0 saturated carbocycles. The van der Waals surface area contributed by atoms with Crippen LogP contribution in [0.1, 0.15) is 38.3 Å². The number of nitrogens with zero attached hydrogens (tertiary/aromatic N) is 2. The number of amides is 2. The van der Waals surface area contributed by atoms with Crippen molar-refractivity contribution in [3.63, 3.8) is 0 Å². The van der Waals surface area contributed by atoms with Crippen molar-refractivity contribution < 1.29 is 22.7 Å². The first-order chi connectivity index (χ1) is 22.1. The Balaban J connectivity index is 1.79. The molecule has 4 aromatic rings. The molecule has 2 atom stereocenters. The van der Waals surface area contributed by atoms with Gasteiger partial charge in [0.05, 0.1) is 17.2 Å². The topological polar surface area (TPSA) is 96.0 Å². The summed E-state index contributed by atoms with van der Waals surface area (Å²) in [5, 5.41) is 3.05. The largest absolute Gasteiger partial charge is 0.494 e. The van der Waals surface area contributed by atoms with Gasteiger partial charge in [-0.25, -0.2) is 8.42 Å². The molecule has 0 radical (unpaired) electrons. The maximum Gasteiger partial charge on any atom is 0.264 e. The lowest BCUT2D eigenvalue weighted by Gasteiger charge is -2.34. The Morgan fingerprint density at radius 2 is 1.43 bits per heavy atom. The predicted molar refractivity (Wildman–Crippen MR) is 185 cm³/mol. The lowest BCUT2D eigenvalue weighted by atomic mass is 10.0. The number of ether oxygens (including phenoxy) is 1. The summed E-state index contributed by atoms with van der Waals surface area (Å²) in [6, 6.07) is 30.6. The highest BCUT2D eigenvalue weighted by Gasteiger charge is 2.35. The highest BCUT2D eigenvalue weighted by molar-refractivity contribution is 9.10. The van der Waals surface area contributed by atoms with Crippen molar-refractivity contribution in [2.24, 2.45) is 0 Å². The Labute approximate surface area is 280 Å². The fourth-order valence-corrected chi connectivity index (χ4v) is 6.60. The molecule has 0 saturated heterocycles. The van der Waals surface area contributed by atoms with Gasteiger partial charge in [-0.05, 0) is 79.9 Å². The first kappa shape index (κ1) is 34.7. The molecule has 46 heavy (non-hydrogen) atoms. The molecule has 0 aromatic heterocycles. The van der Waals surface area contributed by atoms with Crippen molar-refractivity contribution in [1.82, 2.24) is 10.2 Å². The number of hydrogen-bond acceptors (Lipinski definition) is 5. The summed E-state index contributed by atoms with van der Waals surface area (Å²) in [4.78, 5) is 30.0. The number of carbonyl (C=O) groups is 2. The SMILES string of the molecule is CCOc1ccc(N(CC(=O)N(Cc2ccc(Br)cc2)[C@@H](Cc2ccccc2)C(=O)N[C@H](C)CC)S(=O)(=O)c2ccccc2)cc1. The monoisotopic (exact) mass is 705 g/mol. The number of carbonyl (C=O) groups excluding carboxylic acids is 2. The summed E-state index contributed by atoms with van der Waals surface area (Å²) < 4.78 is 35.8. The second-order valence-corrected chi connectivity index (χ2v) is 13.7. The van der Waals surface area contributed by atoms with Crippen molar-refractivity contribution in [2.45, 2.75) is 57.1 Å². The van der Waals surface area contributed by atoms with Gasteiger partial charge in [0.25, 0.3) is 10.0 Å². The number of rotatable bonds is 15. The zero-order chi connectivity index (χ0) is 33.1. The van der Waals surface area contributed by atoms with Gasteiger partial charge in [-0.1, -0.05) is 83.5 Å². The predicted octanol–water partition coefficient (Wildman–Crippen LogP) is 6.60. The molecule has 2 amide bonds. The van der Waals surface area contributed by atoms with Crippen LogP contribution in [0.25, 0.3) is 0 Å². The van der Waals surface area contributed by atoms with Crippen molar-refractivity contribution >= 4 is 43.5 Å². The third kappa shape index (κ3) is 9.20. The Hall–Kier alpha value is -4.15. The van der Waals surface area contributed by atoms with E-state index in [1.807, 2.05) is 75.4 Å². The van der Waals surface area contributed by atoms with Gasteiger partial charge in [-0.2, -0.15) is 0 Å². The van der Waals surface area contributed by atoms with Crippen LogP contribution in [0.4, 0.5) is 5.69 Å². The first-order valence-electron chi connectivity index (χ1n) is 15.3. The number of nitrogens with one attached hydrogen (secondary N) is 1. The van der Waals surface area contributed by atoms with E-state index in [4.69, 9.17) is 4.74 Å². The third-order valence-corrected chi connectivity index (χ3v) is 9.90.